The van der Waals surface area contributed by atoms with Gasteiger partial charge in [-0.1, -0.05) is 24.3 Å². The van der Waals surface area contributed by atoms with Crippen molar-refractivity contribution in [1.29, 1.82) is 0 Å². The number of carboxylic acid groups (broad SMARTS) is 1. The minimum atomic E-state index is -1.22. The minimum Gasteiger partial charge on any atom is -0.505 e. The lowest BCUT2D eigenvalue weighted by molar-refractivity contribution is 0.0694. The Morgan fingerprint density at radius 3 is 2.52 bits per heavy atom. The highest BCUT2D eigenvalue weighted by Crippen LogP contribution is 2.37. The van der Waals surface area contributed by atoms with Crippen LogP contribution in [0.1, 0.15) is 21.5 Å². The molecule has 1 aliphatic rings. The van der Waals surface area contributed by atoms with Gasteiger partial charge in [-0.05, 0) is 24.3 Å². The molecule has 0 aliphatic carbocycles. The van der Waals surface area contributed by atoms with Gasteiger partial charge in [0.15, 0.2) is 17.2 Å². The van der Waals surface area contributed by atoms with E-state index in [1.807, 2.05) is 0 Å². The predicted octanol–water partition coefficient (Wildman–Crippen LogP) is 2.98. The topological polar surface area (TPSA) is 110 Å². The number of para-hydroxylation sites is 1. The summed E-state index contributed by atoms with van der Waals surface area (Å²) in [4.78, 5) is 11.1. The van der Waals surface area contributed by atoms with Crippen LogP contribution in [-0.2, 0) is 0 Å². The summed E-state index contributed by atoms with van der Waals surface area (Å²) in [6.07, 6.45) is 5.00. The molecule has 0 saturated heterocycles. The summed E-state index contributed by atoms with van der Waals surface area (Å²) in [6, 6.07) is 7.48. The zero-order valence-electron chi connectivity index (χ0n) is 11.8. The lowest BCUT2D eigenvalue weighted by Gasteiger charge is -2.18. The Labute approximate surface area is 131 Å². The molecule has 1 heterocycles. The smallest absolute Gasteiger partial charge is 0.339 e. The van der Waals surface area contributed by atoms with E-state index in [-0.39, 0.29) is 28.5 Å². The van der Waals surface area contributed by atoms with Gasteiger partial charge in [0.1, 0.15) is 5.56 Å². The molecule has 2 aromatic rings. The largest absolute Gasteiger partial charge is 0.505 e. The van der Waals surface area contributed by atoms with Crippen LogP contribution >= 0.6 is 0 Å². The maximum absolute atomic E-state index is 11.1. The lowest BCUT2D eigenvalue weighted by atomic mass is 10.0. The number of aromatic carboxylic acids is 1. The van der Waals surface area contributed by atoms with Gasteiger partial charge in [0.2, 0.25) is 0 Å². The van der Waals surface area contributed by atoms with Crippen LogP contribution in [0.15, 0.2) is 42.1 Å². The molecule has 0 aromatic heterocycles. The van der Waals surface area contributed by atoms with Crippen molar-refractivity contribution >= 4 is 23.8 Å². The average molecular weight is 311 g/mol. The third-order valence-corrected chi connectivity index (χ3v) is 3.51. The Balaban J connectivity index is 2.03. The third-order valence-electron chi connectivity index (χ3n) is 3.51. The van der Waals surface area contributed by atoms with Crippen LogP contribution in [0.5, 0.6) is 17.2 Å². The molecule has 5 N–H and O–H groups in total. The van der Waals surface area contributed by atoms with Crippen LogP contribution < -0.4 is 5.32 Å². The number of phenols is 3. The van der Waals surface area contributed by atoms with Gasteiger partial charge in [-0.2, -0.15) is 0 Å². The van der Waals surface area contributed by atoms with Gasteiger partial charge in [0, 0.05) is 16.8 Å². The van der Waals surface area contributed by atoms with E-state index < -0.39 is 5.97 Å². The van der Waals surface area contributed by atoms with Crippen LogP contribution in [0.25, 0.3) is 12.2 Å². The van der Waals surface area contributed by atoms with E-state index in [2.05, 4.69) is 5.32 Å². The predicted molar refractivity (Wildman–Crippen MR) is 85.5 cm³/mol. The molecule has 0 unspecified atom stereocenters. The quantitative estimate of drug-likeness (QED) is 0.545. The number of carbonyl (C=O) groups is 1. The molecular formula is C17H13NO5. The molecule has 6 heteroatoms. The van der Waals surface area contributed by atoms with Crippen LogP contribution in [0, 0.1) is 0 Å². The van der Waals surface area contributed by atoms with Crippen LogP contribution in [0.2, 0.25) is 0 Å². The van der Waals surface area contributed by atoms with Crippen molar-refractivity contribution in [3.8, 4) is 17.2 Å². The van der Waals surface area contributed by atoms with Gasteiger partial charge in [-0.15, -0.1) is 0 Å². The Morgan fingerprint density at radius 1 is 1.00 bits per heavy atom. The van der Waals surface area contributed by atoms with Gasteiger partial charge < -0.3 is 25.7 Å². The fourth-order valence-electron chi connectivity index (χ4n) is 2.33. The van der Waals surface area contributed by atoms with Crippen molar-refractivity contribution in [2.24, 2.45) is 0 Å². The van der Waals surface area contributed by atoms with E-state index in [1.54, 1.807) is 36.4 Å². The van der Waals surface area contributed by atoms with Gasteiger partial charge in [0.05, 0.1) is 5.69 Å². The number of benzene rings is 2. The standard InChI is InChI=1S/C17H13NO5/c19-13-3-1-2-10(15(13)20)8-11-6-4-9-5-7-12(17(22)23)16(21)14(9)18-11/h1-8,18-21H,(H,22,23)/b11-8+. The zero-order valence-corrected chi connectivity index (χ0v) is 11.8. The Bertz CT molecular complexity index is 868. The second-order valence-corrected chi connectivity index (χ2v) is 5.00. The number of anilines is 1. The SMILES string of the molecule is O=C(O)c1ccc2c(c1O)N/C(=C/c1cccc(O)c1O)C=C2. The molecule has 0 saturated carbocycles. The van der Waals surface area contributed by atoms with Crippen molar-refractivity contribution in [1.82, 2.24) is 0 Å². The number of hydrogen-bond donors (Lipinski definition) is 5. The molecule has 116 valence electrons. The summed E-state index contributed by atoms with van der Waals surface area (Å²) in [7, 11) is 0. The maximum atomic E-state index is 11.1. The maximum Gasteiger partial charge on any atom is 0.339 e. The molecule has 0 amide bonds. The van der Waals surface area contributed by atoms with Gasteiger partial charge >= 0.3 is 5.97 Å². The van der Waals surface area contributed by atoms with Gasteiger partial charge in [-0.25, -0.2) is 4.79 Å². The number of hydrogen-bond acceptors (Lipinski definition) is 5. The molecule has 0 radical (unpaired) electrons. The summed E-state index contributed by atoms with van der Waals surface area (Å²) in [6.45, 7) is 0. The highest BCUT2D eigenvalue weighted by molar-refractivity contribution is 5.96. The third kappa shape index (κ3) is 2.57. The Kier molecular flexibility index (Phi) is 3.42. The highest BCUT2D eigenvalue weighted by atomic mass is 16.4. The van der Waals surface area contributed by atoms with E-state index in [0.717, 1.165) is 0 Å². The zero-order chi connectivity index (χ0) is 16.6. The van der Waals surface area contributed by atoms with Crippen molar-refractivity contribution in [3.05, 3.63) is 58.8 Å². The average Bonchev–Trinajstić information content (AvgIpc) is 2.52. The van der Waals surface area contributed by atoms with Crippen molar-refractivity contribution in [2.45, 2.75) is 0 Å². The molecular weight excluding hydrogens is 298 g/mol. The highest BCUT2D eigenvalue weighted by Gasteiger charge is 2.18. The summed E-state index contributed by atoms with van der Waals surface area (Å²) in [5.74, 6) is -2.08. The molecule has 0 spiro atoms. The summed E-state index contributed by atoms with van der Waals surface area (Å²) < 4.78 is 0. The van der Waals surface area contributed by atoms with E-state index in [9.17, 15) is 20.1 Å². The molecule has 23 heavy (non-hydrogen) atoms. The van der Waals surface area contributed by atoms with Crippen LogP contribution in [0.4, 0.5) is 5.69 Å². The number of rotatable bonds is 2. The number of nitrogens with one attached hydrogen (secondary N) is 1. The normalized spacial score (nSPS) is 14.3. The van der Waals surface area contributed by atoms with Crippen molar-refractivity contribution in [3.63, 3.8) is 0 Å². The molecule has 3 rings (SSSR count). The number of allylic oxidation sites excluding steroid dienone is 1. The second kappa shape index (κ2) is 5.42. The monoisotopic (exact) mass is 311 g/mol. The Morgan fingerprint density at radius 2 is 1.78 bits per heavy atom. The van der Waals surface area contributed by atoms with E-state index in [1.165, 1.54) is 12.1 Å². The Hall–Kier alpha value is -3.41. The molecule has 2 aromatic carbocycles. The molecule has 1 aliphatic heterocycles. The first-order valence-electron chi connectivity index (χ1n) is 6.74. The minimum absolute atomic E-state index is 0.203. The molecule has 0 bridgehead atoms. The molecule has 6 nitrogen and oxygen atoms in total. The number of aromatic hydroxyl groups is 3. The number of carboxylic acids is 1. The first kappa shape index (κ1) is 14.5. The van der Waals surface area contributed by atoms with Gasteiger partial charge in [-0.3, -0.25) is 0 Å². The van der Waals surface area contributed by atoms with E-state index in [4.69, 9.17) is 5.11 Å². The lowest BCUT2D eigenvalue weighted by Crippen LogP contribution is -2.06. The van der Waals surface area contributed by atoms with E-state index >= 15 is 0 Å². The fraction of sp³-hybridized carbons (Fsp3) is 0. The summed E-state index contributed by atoms with van der Waals surface area (Å²) in [5, 5.41) is 41.4. The number of phenolic OH excluding ortho intramolecular Hbond substituents is 2. The van der Waals surface area contributed by atoms with Crippen molar-refractivity contribution < 1.29 is 25.2 Å². The van der Waals surface area contributed by atoms with E-state index in [0.29, 0.717) is 16.8 Å². The first-order chi connectivity index (χ1) is 11.0. The first-order valence-corrected chi connectivity index (χ1v) is 6.74. The van der Waals surface area contributed by atoms with Crippen LogP contribution in [-0.4, -0.2) is 26.4 Å². The van der Waals surface area contributed by atoms with Crippen molar-refractivity contribution in [2.75, 3.05) is 5.32 Å². The molecule has 0 atom stereocenters. The second-order valence-electron chi connectivity index (χ2n) is 5.00. The van der Waals surface area contributed by atoms with Crippen LogP contribution in [0.3, 0.4) is 0 Å². The summed E-state index contributed by atoms with van der Waals surface area (Å²) >= 11 is 0. The molecule has 0 fully saturated rings. The summed E-state index contributed by atoms with van der Waals surface area (Å²) in [5.41, 5.74) is 1.62. The van der Waals surface area contributed by atoms with Gasteiger partial charge in [0.25, 0.3) is 0 Å². The number of fused-ring (bicyclic) bond motifs is 1. The fourth-order valence-corrected chi connectivity index (χ4v) is 2.33.